The maximum atomic E-state index is 12.3. The Morgan fingerprint density at radius 3 is 2.79 bits per heavy atom. The highest BCUT2D eigenvalue weighted by Crippen LogP contribution is 2.29. The van der Waals surface area contributed by atoms with Gasteiger partial charge in [-0.15, -0.1) is 5.10 Å². The van der Waals surface area contributed by atoms with E-state index in [4.69, 9.17) is 0 Å². The summed E-state index contributed by atoms with van der Waals surface area (Å²) < 4.78 is 0. The number of rotatable bonds is 5. The number of benzene rings is 1. The Labute approximate surface area is 146 Å². The molecule has 0 unspecified atom stereocenters. The van der Waals surface area contributed by atoms with Gasteiger partial charge in [0.15, 0.2) is 0 Å². The van der Waals surface area contributed by atoms with Gasteiger partial charge in [0.25, 0.3) is 0 Å². The zero-order valence-electron chi connectivity index (χ0n) is 13.6. The van der Waals surface area contributed by atoms with Crippen LogP contribution in [0.4, 0.5) is 0 Å². The first-order valence-corrected chi connectivity index (χ1v) is 9.65. The largest absolute Gasteiger partial charge is 0.353 e. The van der Waals surface area contributed by atoms with Gasteiger partial charge in [-0.3, -0.25) is 4.79 Å². The van der Waals surface area contributed by atoms with Gasteiger partial charge in [-0.2, -0.15) is 5.10 Å². The van der Waals surface area contributed by atoms with Crippen LogP contribution in [0.5, 0.6) is 0 Å². The van der Waals surface area contributed by atoms with Gasteiger partial charge in [0.05, 0.1) is 11.9 Å². The molecule has 1 aliphatic heterocycles. The normalized spacial score (nSPS) is 19.5. The third-order valence-corrected chi connectivity index (χ3v) is 5.82. The number of amides is 1. The summed E-state index contributed by atoms with van der Waals surface area (Å²) in [5.41, 5.74) is 0. The average Bonchev–Trinajstić information content (AvgIpc) is 3.46. The second kappa shape index (κ2) is 7.07. The van der Waals surface area contributed by atoms with Crippen LogP contribution in [-0.4, -0.2) is 51.9 Å². The molecule has 6 heteroatoms. The number of aromatic nitrogens is 2. The molecule has 24 heavy (non-hydrogen) atoms. The second-order valence-corrected chi connectivity index (χ2v) is 7.60. The fraction of sp³-hybridized carbons (Fsp3) is 0.500. The lowest BCUT2D eigenvalue weighted by Crippen LogP contribution is -2.45. The number of piperidine rings is 1. The lowest BCUT2D eigenvalue weighted by atomic mass is 10.1. The van der Waals surface area contributed by atoms with Crippen LogP contribution in [0.1, 0.15) is 25.7 Å². The second-order valence-electron chi connectivity index (χ2n) is 6.63. The van der Waals surface area contributed by atoms with Crippen molar-refractivity contribution in [3.05, 3.63) is 30.5 Å². The van der Waals surface area contributed by atoms with Crippen molar-refractivity contribution in [3.8, 4) is 0 Å². The molecule has 2 heterocycles. The Morgan fingerprint density at radius 2 is 2.00 bits per heavy atom. The van der Waals surface area contributed by atoms with E-state index in [1.807, 2.05) is 24.3 Å². The summed E-state index contributed by atoms with van der Waals surface area (Å²) in [6.45, 7) is 2.25. The minimum atomic E-state index is 0.0969. The van der Waals surface area contributed by atoms with E-state index in [1.54, 1.807) is 6.20 Å². The van der Waals surface area contributed by atoms with Gasteiger partial charge in [0.1, 0.15) is 5.03 Å². The quantitative estimate of drug-likeness (QED) is 0.846. The molecular formula is C18H22N4OS. The molecule has 0 atom stereocenters. The SMILES string of the molecule is O=C(CSc1nncc2ccccc12)NC1CCN(C2CC2)CC1. The molecule has 2 aliphatic rings. The van der Waals surface area contributed by atoms with Crippen molar-refractivity contribution in [2.24, 2.45) is 0 Å². The molecule has 0 radical (unpaired) electrons. The van der Waals surface area contributed by atoms with Crippen molar-refractivity contribution >= 4 is 28.4 Å². The van der Waals surface area contributed by atoms with Crippen LogP contribution in [-0.2, 0) is 4.79 Å². The van der Waals surface area contributed by atoms with Crippen LogP contribution in [0.15, 0.2) is 35.5 Å². The number of likely N-dealkylation sites (tertiary alicyclic amines) is 1. The van der Waals surface area contributed by atoms with E-state index in [0.717, 1.165) is 47.8 Å². The number of fused-ring (bicyclic) bond motifs is 1. The van der Waals surface area contributed by atoms with Crippen LogP contribution < -0.4 is 5.32 Å². The summed E-state index contributed by atoms with van der Waals surface area (Å²) in [5, 5.41) is 14.3. The first-order chi connectivity index (χ1) is 11.8. The summed E-state index contributed by atoms with van der Waals surface area (Å²) >= 11 is 1.47. The molecule has 1 saturated heterocycles. The topological polar surface area (TPSA) is 58.1 Å². The summed E-state index contributed by atoms with van der Waals surface area (Å²) in [5.74, 6) is 0.491. The first kappa shape index (κ1) is 15.8. The van der Waals surface area contributed by atoms with Gasteiger partial charge in [0, 0.05) is 35.9 Å². The highest BCUT2D eigenvalue weighted by Gasteiger charge is 2.32. The van der Waals surface area contributed by atoms with Gasteiger partial charge < -0.3 is 10.2 Å². The van der Waals surface area contributed by atoms with E-state index >= 15 is 0 Å². The molecule has 1 aromatic heterocycles. The molecule has 5 nitrogen and oxygen atoms in total. The minimum Gasteiger partial charge on any atom is -0.353 e. The van der Waals surface area contributed by atoms with Crippen molar-refractivity contribution in [2.45, 2.75) is 42.8 Å². The van der Waals surface area contributed by atoms with E-state index < -0.39 is 0 Å². The Bertz CT molecular complexity index is 721. The van der Waals surface area contributed by atoms with E-state index in [0.29, 0.717) is 11.8 Å². The molecule has 1 amide bonds. The van der Waals surface area contributed by atoms with Crippen LogP contribution in [0.3, 0.4) is 0 Å². The summed E-state index contributed by atoms with van der Waals surface area (Å²) in [6.07, 6.45) is 6.62. The van der Waals surface area contributed by atoms with Crippen molar-refractivity contribution in [2.75, 3.05) is 18.8 Å². The van der Waals surface area contributed by atoms with Crippen molar-refractivity contribution in [1.29, 1.82) is 0 Å². The molecule has 1 aromatic carbocycles. The molecule has 0 spiro atoms. The average molecular weight is 342 g/mol. The van der Waals surface area contributed by atoms with Crippen molar-refractivity contribution in [3.63, 3.8) is 0 Å². The number of carbonyl (C=O) groups is 1. The van der Waals surface area contributed by atoms with Gasteiger partial charge in [-0.1, -0.05) is 36.0 Å². The van der Waals surface area contributed by atoms with Crippen molar-refractivity contribution < 1.29 is 4.79 Å². The zero-order chi connectivity index (χ0) is 16.4. The number of carbonyl (C=O) groups excluding carboxylic acids is 1. The van der Waals surface area contributed by atoms with Gasteiger partial charge >= 0.3 is 0 Å². The molecular weight excluding hydrogens is 320 g/mol. The number of hydrogen-bond acceptors (Lipinski definition) is 5. The van der Waals surface area contributed by atoms with E-state index in [-0.39, 0.29) is 5.91 Å². The number of nitrogens with zero attached hydrogens (tertiary/aromatic N) is 3. The Hall–Kier alpha value is -1.66. The predicted molar refractivity (Wildman–Crippen MR) is 96.0 cm³/mol. The van der Waals surface area contributed by atoms with E-state index in [9.17, 15) is 4.79 Å². The fourth-order valence-corrected chi connectivity index (χ4v) is 4.16. The monoisotopic (exact) mass is 342 g/mol. The third-order valence-electron chi connectivity index (χ3n) is 4.83. The summed E-state index contributed by atoms with van der Waals surface area (Å²) in [6, 6.07) is 9.18. The third kappa shape index (κ3) is 3.70. The standard InChI is InChI=1S/C18H22N4OS/c23-17(20-14-7-9-22(10-8-14)15-5-6-15)12-24-18-16-4-2-1-3-13(16)11-19-21-18/h1-4,11,14-15H,5-10,12H2,(H,20,23). The van der Waals surface area contributed by atoms with Gasteiger partial charge in [-0.05, 0) is 25.7 Å². The summed E-state index contributed by atoms with van der Waals surface area (Å²) in [7, 11) is 0. The van der Waals surface area contributed by atoms with Gasteiger partial charge in [0.2, 0.25) is 5.91 Å². The predicted octanol–water partition coefficient (Wildman–Crippen LogP) is 2.46. The van der Waals surface area contributed by atoms with E-state index in [1.165, 1.54) is 24.6 Å². The minimum absolute atomic E-state index is 0.0969. The Morgan fingerprint density at radius 1 is 1.21 bits per heavy atom. The number of nitrogens with one attached hydrogen (secondary N) is 1. The fourth-order valence-electron chi connectivity index (χ4n) is 3.36. The van der Waals surface area contributed by atoms with Crippen LogP contribution in [0, 0.1) is 0 Å². The number of thioether (sulfide) groups is 1. The Kier molecular flexibility index (Phi) is 4.67. The van der Waals surface area contributed by atoms with E-state index in [2.05, 4.69) is 20.4 Å². The molecule has 4 rings (SSSR count). The molecule has 2 aromatic rings. The molecule has 2 fully saturated rings. The van der Waals surface area contributed by atoms with Crippen molar-refractivity contribution in [1.82, 2.24) is 20.4 Å². The van der Waals surface area contributed by atoms with Crippen LogP contribution in [0.2, 0.25) is 0 Å². The van der Waals surface area contributed by atoms with Crippen LogP contribution >= 0.6 is 11.8 Å². The molecule has 126 valence electrons. The first-order valence-electron chi connectivity index (χ1n) is 8.66. The Balaban J connectivity index is 1.28. The highest BCUT2D eigenvalue weighted by atomic mass is 32.2. The molecule has 0 bridgehead atoms. The van der Waals surface area contributed by atoms with Crippen LogP contribution in [0.25, 0.3) is 10.8 Å². The smallest absolute Gasteiger partial charge is 0.230 e. The summed E-state index contributed by atoms with van der Waals surface area (Å²) in [4.78, 5) is 14.8. The molecule has 1 N–H and O–H groups in total. The molecule has 1 saturated carbocycles. The maximum Gasteiger partial charge on any atom is 0.230 e. The molecule has 1 aliphatic carbocycles. The van der Waals surface area contributed by atoms with Gasteiger partial charge in [-0.25, -0.2) is 0 Å². The maximum absolute atomic E-state index is 12.3. The number of hydrogen-bond donors (Lipinski definition) is 1. The highest BCUT2D eigenvalue weighted by molar-refractivity contribution is 8.00. The lowest BCUT2D eigenvalue weighted by molar-refractivity contribution is -0.119. The zero-order valence-corrected chi connectivity index (χ0v) is 14.5. The lowest BCUT2D eigenvalue weighted by Gasteiger charge is -2.32.